The van der Waals surface area contributed by atoms with Crippen molar-refractivity contribution in [2.24, 2.45) is 0 Å². The highest BCUT2D eigenvalue weighted by Gasteiger charge is 2.51. The molecule has 0 spiro atoms. The maximum absolute atomic E-state index is 13.6. The predicted molar refractivity (Wildman–Crippen MR) is 154 cm³/mol. The van der Waals surface area contributed by atoms with E-state index in [9.17, 15) is 9.59 Å². The molecule has 1 fully saturated rings. The number of ether oxygens (including phenoxy) is 2. The van der Waals surface area contributed by atoms with Crippen molar-refractivity contribution >= 4 is 12.1 Å². The van der Waals surface area contributed by atoms with E-state index in [1.807, 2.05) is 55.6 Å². The molecule has 5 nitrogen and oxygen atoms in total. The Balaban J connectivity index is 1.05. The van der Waals surface area contributed by atoms with E-state index < -0.39 is 6.04 Å². The fourth-order valence-corrected chi connectivity index (χ4v) is 7.07. The van der Waals surface area contributed by atoms with Crippen LogP contribution in [0.3, 0.4) is 0 Å². The summed E-state index contributed by atoms with van der Waals surface area (Å²) in [4.78, 5) is 27.1. The second kappa shape index (κ2) is 9.76. The van der Waals surface area contributed by atoms with Crippen molar-refractivity contribution in [2.75, 3.05) is 26.8 Å². The minimum absolute atomic E-state index is 0.00837. The van der Waals surface area contributed by atoms with E-state index in [-0.39, 0.29) is 41.6 Å². The van der Waals surface area contributed by atoms with Crippen LogP contribution in [0.15, 0.2) is 97.1 Å². The Kier molecular flexibility index (Phi) is 6.05. The van der Waals surface area contributed by atoms with Crippen molar-refractivity contribution in [1.29, 1.82) is 0 Å². The molecule has 200 valence electrons. The van der Waals surface area contributed by atoms with E-state index in [1.54, 1.807) is 0 Å². The van der Waals surface area contributed by atoms with Crippen molar-refractivity contribution in [3.8, 4) is 22.3 Å². The topological polar surface area (TPSA) is 52.6 Å². The number of esters is 1. The quantitative estimate of drug-likeness (QED) is 0.208. The normalized spacial score (nSPS) is 20.9. The van der Waals surface area contributed by atoms with Gasteiger partial charge in [0.1, 0.15) is 13.2 Å². The summed E-state index contributed by atoms with van der Waals surface area (Å²) >= 11 is 0. The number of hydrogen-bond donors (Lipinski definition) is 0. The average Bonchev–Trinajstić information content (AvgIpc) is 3.65. The van der Waals surface area contributed by atoms with Crippen LogP contribution in [0.25, 0.3) is 22.3 Å². The fraction of sp³-hybridized carbons (Fsp3) is 0.257. The molecule has 1 saturated heterocycles. The lowest BCUT2D eigenvalue weighted by Gasteiger charge is -2.31. The number of hydrogen-bond acceptors (Lipinski definition) is 4. The van der Waals surface area contributed by atoms with Crippen LogP contribution >= 0.6 is 0 Å². The van der Waals surface area contributed by atoms with Gasteiger partial charge in [-0.3, -0.25) is 0 Å². The smallest absolute Gasteiger partial charge is 0.460 e. The molecule has 4 aromatic carbocycles. The van der Waals surface area contributed by atoms with Crippen LogP contribution in [0.2, 0.25) is 0 Å². The lowest BCUT2D eigenvalue weighted by Crippen LogP contribution is -2.56. The lowest BCUT2D eigenvalue weighted by atomic mass is 9.98. The third kappa shape index (κ3) is 3.88. The Hall–Kier alpha value is -4.22. The lowest BCUT2D eigenvalue weighted by molar-refractivity contribution is -0.841. The number of quaternary nitrogens is 1. The second-order valence-corrected chi connectivity index (χ2v) is 11.3. The highest BCUT2D eigenvalue weighted by molar-refractivity contribution is 5.81. The molecular formula is C35H32NO4+. The van der Waals surface area contributed by atoms with Gasteiger partial charge < -0.3 is 9.47 Å². The van der Waals surface area contributed by atoms with Gasteiger partial charge in [-0.1, -0.05) is 97.1 Å². The maximum Gasteiger partial charge on any atom is 0.516 e. The van der Waals surface area contributed by atoms with E-state index in [4.69, 9.17) is 9.47 Å². The molecule has 0 N–H and O–H groups in total. The zero-order chi connectivity index (χ0) is 27.3. The molecule has 40 heavy (non-hydrogen) atoms. The Bertz CT molecular complexity index is 1540. The molecule has 1 heterocycles. The fourth-order valence-electron chi connectivity index (χ4n) is 7.07. The van der Waals surface area contributed by atoms with Crippen LogP contribution in [0.1, 0.15) is 46.9 Å². The van der Waals surface area contributed by atoms with Gasteiger partial charge in [0, 0.05) is 24.7 Å². The number of rotatable bonds is 5. The van der Waals surface area contributed by atoms with Crippen molar-refractivity contribution in [3.05, 3.63) is 119 Å². The molecule has 1 amide bonds. The minimum atomic E-state index is -0.567. The van der Waals surface area contributed by atoms with Crippen LogP contribution in [0.4, 0.5) is 4.79 Å². The molecule has 1 aliphatic heterocycles. The second-order valence-electron chi connectivity index (χ2n) is 11.3. The molecule has 0 saturated carbocycles. The summed E-state index contributed by atoms with van der Waals surface area (Å²) in [6.07, 6.45) is 1.02. The molecule has 3 aliphatic rings. The van der Waals surface area contributed by atoms with Gasteiger partial charge in [-0.05, 0) is 44.5 Å². The first-order valence-corrected chi connectivity index (χ1v) is 14.1. The minimum Gasteiger partial charge on any atom is -0.460 e. The molecular weight excluding hydrogens is 498 g/mol. The number of nitrogens with zero attached hydrogens (tertiary/aromatic N) is 1. The van der Waals surface area contributed by atoms with Gasteiger partial charge in [0.15, 0.2) is 6.04 Å². The Morgan fingerprint density at radius 2 is 1.05 bits per heavy atom. The van der Waals surface area contributed by atoms with Crippen LogP contribution in [-0.4, -0.2) is 49.4 Å². The summed E-state index contributed by atoms with van der Waals surface area (Å²) in [7, 11) is 1.82. The van der Waals surface area contributed by atoms with E-state index in [1.165, 1.54) is 44.5 Å². The Morgan fingerprint density at radius 3 is 1.50 bits per heavy atom. The summed E-state index contributed by atoms with van der Waals surface area (Å²) in [5.41, 5.74) is 9.48. The molecule has 2 unspecified atom stereocenters. The number of likely N-dealkylation sites (tertiary alicyclic amines) is 1. The zero-order valence-electron chi connectivity index (χ0n) is 22.6. The molecule has 2 atom stereocenters. The van der Waals surface area contributed by atoms with E-state index in [0.29, 0.717) is 13.0 Å². The first-order chi connectivity index (χ1) is 19.6. The molecule has 4 aromatic rings. The number of carbonyl (C=O) groups is 2. The number of benzene rings is 4. The first kappa shape index (κ1) is 24.8. The molecule has 0 bridgehead atoms. The average molecular weight is 531 g/mol. The van der Waals surface area contributed by atoms with Gasteiger partial charge in [0.2, 0.25) is 0 Å². The van der Waals surface area contributed by atoms with E-state index in [2.05, 4.69) is 48.5 Å². The number of likely N-dealkylation sites (N-methyl/N-ethyl adjacent to an activating group) is 1. The van der Waals surface area contributed by atoms with Gasteiger partial charge in [0.05, 0.1) is 13.6 Å². The Morgan fingerprint density at radius 1 is 0.650 bits per heavy atom. The third-order valence-corrected chi connectivity index (χ3v) is 9.17. The highest BCUT2D eigenvalue weighted by Crippen LogP contribution is 2.46. The van der Waals surface area contributed by atoms with Crippen LogP contribution in [0, 0.1) is 0 Å². The summed E-state index contributed by atoms with van der Waals surface area (Å²) in [6, 6.07) is 32.6. The van der Waals surface area contributed by atoms with Gasteiger partial charge in [-0.2, -0.15) is 4.79 Å². The van der Waals surface area contributed by atoms with Crippen LogP contribution < -0.4 is 0 Å². The predicted octanol–water partition coefficient (Wildman–Crippen LogP) is 6.90. The highest BCUT2D eigenvalue weighted by atomic mass is 16.6. The van der Waals surface area contributed by atoms with E-state index in [0.717, 1.165) is 6.42 Å². The van der Waals surface area contributed by atoms with Crippen molar-refractivity contribution in [1.82, 2.24) is 0 Å². The summed E-state index contributed by atoms with van der Waals surface area (Å²) in [6.45, 7) is 1.07. The largest absolute Gasteiger partial charge is 0.516 e. The van der Waals surface area contributed by atoms with Gasteiger partial charge in [0.25, 0.3) is 0 Å². The summed E-state index contributed by atoms with van der Waals surface area (Å²) in [5.74, 6) is -0.347. The summed E-state index contributed by atoms with van der Waals surface area (Å²) in [5, 5.41) is 0. The zero-order valence-corrected chi connectivity index (χ0v) is 22.6. The molecule has 7 rings (SSSR count). The molecule has 5 heteroatoms. The van der Waals surface area contributed by atoms with E-state index >= 15 is 0 Å². The van der Waals surface area contributed by atoms with Crippen LogP contribution in [-0.2, 0) is 14.3 Å². The van der Waals surface area contributed by atoms with Gasteiger partial charge in [-0.25, -0.2) is 9.28 Å². The monoisotopic (exact) mass is 530 g/mol. The van der Waals surface area contributed by atoms with Crippen molar-refractivity contribution in [3.63, 3.8) is 0 Å². The maximum atomic E-state index is 13.6. The number of fused-ring (bicyclic) bond motifs is 6. The van der Waals surface area contributed by atoms with Gasteiger partial charge >= 0.3 is 12.1 Å². The van der Waals surface area contributed by atoms with Gasteiger partial charge in [-0.15, -0.1) is 0 Å². The standard InChI is InChI=1S/C35H32NO4/c1-36(35(38)40-22-32-29-17-8-4-13-25(29)26-14-5-9-18-30(26)32)20-10-19-33(36)34(37)39-21-31-27-15-6-2-11-23(27)24-12-3-7-16-28(24)31/h2-9,11-18,31-33H,10,19-22H2,1H3/q+1. The summed E-state index contributed by atoms with van der Waals surface area (Å²) < 4.78 is 11.9. The number of carbonyl (C=O) groups excluding carboxylic acids is 2. The van der Waals surface area contributed by atoms with Crippen molar-refractivity contribution in [2.45, 2.75) is 30.7 Å². The number of amides is 1. The first-order valence-electron chi connectivity index (χ1n) is 14.1. The van der Waals surface area contributed by atoms with Crippen LogP contribution in [0.5, 0.6) is 0 Å². The molecule has 0 aromatic heterocycles. The third-order valence-electron chi connectivity index (χ3n) is 9.17. The SMILES string of the molecule is C[N+]1(C(=O)OCC2c3ccccc3-c3ccccc32)CCCC1C(=O)OCC1c2ccccc2-c2ccccc21. The molecule has 2 aliphatic carbocycles. The Labute approximate surface area is 234 Å². The molecule has 0 radical (unpaired) electrons. The van der Waals surface area contributed by atoms with Crippen molar-refractivity contribution < 1.29 is 23.5 Å².